The van der Waals surface area contributed by atoms with E-state index in [2.05, 4.69) is 25.9 Å². The van der Waals surface area contributed by atoms with Crippen LogP contribution >= 0.6 is 0 Å². The average molecular weight is 338 g/mol. The summed E-state index contributed by atoms with van der Waals surface area (Å²) in [5.41, 5.74) is 3.83. The van der Waals surface area contributed by atoms with Gasteiger partial charge in [0.05, 0.1) is 12.2 Å². The summed E-state index contributed by atoms with van der Waals surface area (Å²) in [5, 5.41) is 17.0. The lowest BCUT2D eigenvalue weighted by Gasteiger charge is -2.14. The predicted molar refractivity (Wildman–Crippen MR) is 96.4 cm³/mol. The molecule has 0 saturated carbocycles. The Morgan fingerprint density at radius 1 is 1.32 bits per heavy atom. The quantitative estimate of drug-likeness (QED) is 0.646. The van der Waals surface area contributed by atoms with Gasteiger partial charge in [-0.2, -0.15) is 10.2 Å². The van der Waals surface area contributed by atoms with Crippen LogP contribution in [0.3, 0.4) is 0 Å². The van der Waals surface area contributed by atoms with Gasteiger partial charge in [0.1, 0.15) is 0 Å². The summed E-state index contributed by atoms with van der Waals surface area (Å²) < 4.78 is 1.85. The standard InChI is InChI=1S/C18H22N6O/c1-13(10-17-11-14(2)22-23-17)20-18(25)21-16-6-4-15(5-7-16)12-24-9-3-8-19-24/h3-9,11,13H,10,12H2,1-2H3,(H,22,23)(H2,20,21,25). The minimum atomic E-state index is -0.223. The summed E-state index contributed by atoms with van der Waals surface area (Å²) >= 11 is 0. The Bertz CT molecular complexity index is 806. The van der Waals surface area contributed by atoms with Gasteiger partial charge in [-0.1, -0.05) is 12.1 Å². The second kappa shape index (κ2) is 7.65. The number of rotatable bonds is 6. The van der Waals surface area contributed by atoms with E-state index >= 15 is 0 Å². The van der Waals surface area contributed by atoms with Crippen LogP contribution in [0.2, 0.25) is 0 Å². The van der Waals surface area contributed by atoms with Crippen LogP contribution in [0.4, 0.5) is 10.5 Å². The van der Waals surface area contributed by atoms with Crippen LogP contribution in [0, 0.1) is 6.92 Å². The molecule has 3 aromatic rings. The van der Waals surface area contributed by atoms with Crippen molar-refractivity contribution in [2.45, 2.75) is 32.9 Å². The molecule has 1 atom stereocenters. The number of nitrogens with zero attached hydrogens (tertiary/aromatic N) is 3. The molecule has 0 radical (unpaired) electrons. The third-order valence-corrected chi connectivity index (χ3v) is 3.77. The van der Waals surface area contributed by atoms with Crippen molar-refractivity contribution in [2.75, 3.05) is 5.32 Å². The number of urea groups is 1. The summed E-state index contributed by atoms with van der Waals surface area (Å²) in [6.07, 6.45) is 4.36. The maximum Gasteiger partial charge on any atom is 0.319 e. The number of aromatic amines is 1. The molecule has 3 N–H and O–H groups in total. The molecule has 2 aromatic heterocycles. The Balaban J connectivity index is 1.48. The van der Waals surface area contributed by atoms with E-state index in [0.717, 1.165) is 22.6 Å². The molecule has 0 spiro atoms. The molecule has 1 unspecified atom stereocenters. The normalized spacial score (nSPS) is 11.9. The lowest BCUT2D eigenvalue weighted by atomic mass is 10.2. The number of benzene rings is 1. The zero-order valence-electron chi connectivity index (χ0n) is 14.4. The van der Waals surface area contributed by atoms with Crippen molar-refractivity contribution >= 4 is 11.7 Å². The van der Waals surface area contributed by atoms with Crippen LogP contribution in [-0.2, 0) is 13.0 Å². The molecule has 0 aliphatic carbocycles. The van der Waals surface area contributed by atoms with E-state index in [1.165, 1.54) is 0 Å². The summed E-state index contributed by atoms with van der Waals surface area (Å²) in [6.45, 7) is 4.62. The lowest BCUT2D eigenvalue weighted by Crippen LogP contribution is -2.37. The summed E-state index contributed by atoms with van der Waals surface area (Å²) in [5.74, 6) is 0. The third kappa shape index (κ3) is 4.94. The molecule has 130 valence electrons. The fourth-order valence-corrected chi connectivity index (χ4v) is 2.61. The molecule has 0 saturated heterocycles. The number of hydrogen-bond acceptors (Lipinski definition) is 3. The van der Waals surface area contributed by atoms with Crippen LogP contribution in [-0.4, -0.2) is 32.1 Å². The molecular weight excluding hydrogens is 316 g/mol. The molecule has 0 aliphatic heterocycles. The van der Waals surface area contributed by atoms with E-state index in [0.29, 0.717) is 13.0 Å². The maximum absolute atomic E-state index is 12.1. The Morgan fingerprint density at radius 3 is 2.76 bits per heavy atom. The van der Waals surface area contributed by atoms with E-state index in [1.54, 1.807) is 6.20 Å². The van der Waals surface area contributed by atoms with Crippen molar-refractivity contribution < 1.29 is 4.79 Å². The van der Waals surface area contributed by atoms with E-state index in [1.807, 2.05) is 61.1 Å². The Morgan fingerprint density at radius 2 is 2.12 bits per heavy atom. The number of carbonyl (C=O) groups is 1. The number of nitrogens with one attached hydrogen (secondary N) is 3. The van der Waals surface area contributed by atoms with Gasteiger partial charge < -0.3 is 10.6 Å². The highest BCUT2D eigenvalue weighted by atomic mass is 16.2. The SMILES string of the molecule is Cc1cc(CC(C)NC(=O)Nc2ccc(Cn3cccn3)cc2)n[nH]1. The van der Waals surface area contributed by atoms with Crippen LogP contribution in [0.15, 0.2) is 48.8 Å². The highest BCUT2D eigenvalue weighted by Gasteiger charge is 2.10. The van der Waals surface area contributed by atoms with Crippen LogP contribution in [0.25, 0.3) is 0 Å². The monoisotopic (exact) mass is 338 g/mol. The molecule has 7 heteroatoms. The third-order valence-electron chi connectivity index (χ3n) is 3.77. The van der Waals surface area contributed by atoms with Gasteiger partial charge >= 0.3 is 6.03 Å². The number of hydrogen-bond donors (Lipinski definition) is 3. The number of aromatic nitrogens is 4. The highest BCUT2D eigenvalue weighted by Crippen LogP contribution is 2.11. The maximum atomic E-state index is 12.1. The molecule has 2 amide bonds. The van der Waals surface area contributed by atoms with Gasteiger partial charge in [-0.25, -0.2) is 4.79 Å². The fourth-order valence-electron chi connectivity index (χ4n) is 2.61. The predicted octanol–water partition coefficient (Wildman–Crippen LogP) is 2.72. The first-order valence-electron chi connectivity index (χ1n) is 8.23. The zero-order chi connectivity index (χ0) is 17.6. The molecular formula is C18H22N6O. The first-order chi connectivity index (χ1) is 12.1. The number of amides is 2. The largest absolute Gasteiger partial charge is 0.335 e. The molecule has 3 rings (SSSR count). The van der Waals surface area contributed by atoms with E-state index < -0.39 is 0 Å². The fraction of sp³-hybridized carbons (Fsp3) is 0.278. The summed E-state index contributed by atoms with van der Waals surface area (Å²) in [4.78, 5) is 12.1. The topological polar surface area (TPSA) is 87.6 Å². The Hall–Kier alpha value is -3.09. The van der Waals surface area contributed by atoms with Crippen molar-refractivity contribution in [3.05, 3.63) is 65.7 Å². The molecule has 2 heterocycles. The van der Waals surface area contributed by atoms with Crippen LogP contribution in [0.1, 0.15) is 23.9 Å². The average Bonchev–Trinajstić information content (AvgIpc) is 3.21. The van der Waals surface area contributed by atoms with Gasteiger partial charge in [-0.3, -0.25) is 9.78 Å². The van der Waals surface area contributed by atoms with Crippen molar-refractivity contribution in [1.29, 1.82) is 0 Å². The van der Waals surface area contributed by atoms with E-state index in [4.69, 9.17) is 0 Å². The molecule has 1 aromatic carbocycles. The second-order valence-electron chi connectivity index (χ2n) is 6.15. The first-order valence-corrected chi connectivity index (χ1v) is 8.23. The van der Waals surface area contributed by atoms with Gasteiger partial charge in [0, 0.05) is 36.2 Å². The van der Waals surface area contributed by atoms with Crippen molar-refractivity contribution in [3.63, 3.8) is 0 Å². The number of carbonyl (C=O) groups excluding carboxylic acids is 1. The Labute approximate surface area is 146 Å². The number of H-pyrrole nitrogens is 1. The first kappa shape index (κ1) is 16.8. The zero-order valence-corrected chi connectivity index (χ0v) is 14.4. The minimum Gasteiger partial charge on any atom is -0.335 e. The lowest BCUT2D eigenvalue weighted by molar-refractivity contribution is 0.249. The Kier molecular flexibility index (Phi) is 5.13. The smallest absolute Gasteiger partial charge is 0.319 e. The van der Waals surface area contributed by atoms with Gasteiger partial charge in [0.2, 0.25) is 0 Å². The van der Waals surface area contributed by atoms with Gasteiger partial charge in [0.25, 0.3) is 0 Å². The molecule has 25 heavy (non-hydrogen) atoms. The van der Waals surface area contributed by atoms with Crippen molar-refractivity contribution in [3.8, 4) is 0 Å². The van der Waals surface area contributed by atoms with Gasteiger partial charge in [-0.15, -0.1) is 0 Å². The summed E-state index contributed by atoms with van der Waals surface area (Å²) in [6, 6.07) is 11.4. The number of anilines is 1. The van der Waals surface area contributed by atoms with Gasteiger partial charge in [-0.05, 0) is 43.7 Å². The second-order valence-corrected chi connectivity index (χ2v) is 6.15. The van der Waals surface area contributed by atoms with Crippen LogP contribution < -0.4 is 10.6 Å². The molecule has 7 nitrogen and oxygen atoms in total. The highest BCUT2D eigenvalue weighted by molar-refractivity contribution is 5.89. The minimum absolute atomic E-state index is 0.0122. The van der Waals surface area contributed by atoms with Gasteiger partial charge in [0.15, 0.2) is 0 Å². The van der Waals surface area contributed by atoms with Crippen molar-refractivity contribution in [1.82, 2.24) is 25.3 Å². The summed E-state index contributed by atoms with van der Waals surface area (Å²) in [7, 11) is 0. The molecule has 0 fully saturated rings. The van der Waals surface area contributed by atoms with E-state index in [-0.39, 0.29) is 12.1 Å². The van der Waals surface area contributed by atoms with Crippen LogP contribution in [0.5, 0.6) is 0 Å². The van der Waals surface area contributed by atoms with Crippen molar-refractivity contribution in [2.24, 2.45) is 0 Å². The van der Waals surface area contributed by atoms with E-state index in [9.17, 15) is 4.79 Å². The molecule has 0 bridgehead atoms. The molecule has 0 aliphatic rings. The number of aryl methyl sites for hydroxylation is 1.